The second kappa shape index (κ2) is 10.3. The summed E-state index contributed by atoms with van der Waals surface area (Å²) in [6.45, 7) is 6.09. The number of nitrogens with one attached hydrogen (secondary N) is 2. The van der Waals surface area contributed by atoms with Crippen molar-refractivity contribution in [1.29, 1.82) is 0 Å². The van der Waals surface area contributed by atoms with Gasteiger partial charge >= 0.3 is 0 Å². The van der Waals surface area contributed by atoms with Gasteiger partial charge in [0.2, 0.25) is 5.95 Å². The van der Waals surface area contributed by atoms with Crippen LogP contribution in [0.5, 0.6) is 0 Å². The van der Waals surface area contributed by atoms with E-state index >= 15 is 0 Å². The molecule has 9 nitrogen and oxygen atoms in total. The highest BCUT2D eigenvalue weighted by Crippen LogP contribution is 2.31. The molecule has 4 aromatic rings. The van der Waals surface area contributed by atoms with Gasteiger partial charge in [-0.1, -0.05) is 24.3 Å². The lowest BCUT2D eigenvalue weighted by molar-refractivity contribution is 0.0342. The molecular weight excluding hydrogens is 468 g/mol. The summed E-state index contributed by atoms with van der Waals surface area (Å²) in [5, 5.41) is 10.1. The number of H-pyrrole nitrogens is 1. The number of fused-ring (bicyclic) bond motifs is 3. The molecule has 0 atom stereocenters. The van der Waals surface area contributed by atoms with Gasteiger partial charge in [-0.05, 0) is 46.9 Å². The molecule has 1 fully saturated rings. The van der Waals surface area contributed by atoms with Crippen LogP contribution < -0.4 is 10.4 Å². The lowest BCUT2D eigenvalue weighted by Gasteiger charge is -2.26. The first-order valence-corrected chi connectivity index (χ1v) is 12.7. The number of amides is 1. The first-order valence-electron chi connectivity index (χ1n) is 12.7. The Morgan fingerprint density at radius 2 is 1.78 bits per heavy atom. The number of rotatable bonds is 5. The van der Waals surface area contributed by atoms with E-state index in [-0.39, 0.29) is 5.56 Å². The van der Waals surface area contributed by atoms with Crippen LogP contribution in [-0.4, -0.2) is 70.4 Å². The highest BCUT2D eigenvalue weighted by atomic mass is 16.5. The number of hydrogen-bond acceptors (Lipinski definition) is 7. The molecule has 1 saturated heterocycles. The third-order valence-electron chi connectivity index (χ3n) is 7.31. The largest absolute Gasteiger partial charge is 0.379 e. The van der Waals surface area contributed by atoms with Crippen LogP contribution in [-0.2, 0) is 24.1 Å². The average Bonchev–Trinajstić information content (AvgIpc) is 3.16. The second-order valence-corrected chi connectivity index (χ2v) is 9.63. The highest BCUT2D eigenvalue weighted by molar-refractivity contribution is 5.92. The summed E-state index contributed by atoms with van der Waals surface area (Å²) < 4.78 is 5.49. The maximum atomic E-state index is 11.6. The summed E-state index contributed by atoms with van der Waals surface area (Å²) >= 11 is 0. The zero-order chi connectivity index (χ0) is 25.2. The molecule has 2 aliphatic heterocycles. The number of carbonyl (C=O) groups is 1. The van der Waals surface area contributed by atoms with Gasteiger partial charge in [0.05, 0.1) is 18.8 Å². The number of ether oxygens (including phenoxy) is 1. The molecule has 4 heterocycles. The fourth-order valence-corrected chi connectivity index (χ4v) is 5.32. The summed E-state index contributed by atoms with van der Waals surface area (Å²) in [5.41, 5.74) is 9.39. The quantitative estimate of drug-likeness (QED) is 0.287. The van der Waals surface area contributed by atoms with Gasteiger partial charge in [0, 0.05) is 68.1 Å². The zero-order valence-electron chi connectivity index (χ0n) is 20.6. The van der Waals surface area contributed by atoms with Crippen LogP contribution in [0.3, 0.4) is 0 Å². The number of aromatic amines is 1. The van der Waals surface area contributed by atoms with Crippen LogP contribution >= 0.6 is 0 Å². The lowest BCUT2D eigenvalue weighted by atomic mass is 9.99. The van der Waals surface area contributed by atoms with Crippen molar-refractivity contribution in [2.24, 2.45) is 0 Å². The topological polar surface area (TPSA) is 107 Å². The number of aromatic nitrogens is 3. The number of carbonyl (C=O) groups excluding carboxylic acids is 1. The fraction of sp³-hybridized carbons (Fsp3) is 0.321. The number of anilines is 1. The van der Waals surface area contributed by atoms with Crippen LogP contribution in [0.2, 0.25) is 0 Å². The smallest absolute Gasteiger partial charge is 0.277 e. The summed E-state index contributed by atoms with van der Waals surface area (Å²) in [5.74, 6) is -0.0342. The van der Waals surface area contributed by atoms with Gasteiger partial charge in [0.1, 0.15) is 0 Å². The van der Waals surface area contributed by atoms with Gasteiger partial charge in [-0.2, -0.15) is 0 Å². The number of benzene rings is 2. The minimum atomic E-state index is -0.619. The van der Waals surface area contributed by atoms with Crippen molar-refractivity contribution in [3.8, 4) is 11.1 Å². The van der Waals surface area contributed by atoms with Crippen molar-refractivity contribution < 1.29 is 14.7 Å². The molecule has 0 bridgehead atoms. The Bertz CT molecular complexity index is 1410. The monoisotopic (exact) mass is 498 g/mol. The Balaban J connectivity index is 1.22. The van der Waals surface area contributed by atoms with Crippen LogP contribution in [0.4, 0.5) is 5.95 Å². The second-order valence-electron chi connectivity index (χ2n) is 9.63. The molecule has 0 saturated carbocycles. The third kappa shape index (κ3) is 4.93. The maximum Gasteiger partial charge on any atom is 0.277 e. The summed E-state index contributed by atoms with van der Waals surface area (Å²) in [7, 11) is 0. The van der Waals surface area contributed by atoms with Crippen molar-refractivity contribution in [3.63, 3.8) is 0 Å². The van der Waals surface area contributed by atoms with E-state index in [1.165, 1.54) is 51.2 Å². The average molecular weight is 499 g/mol. The molecule has 0 radical (unpaired) electrons. The lowest BCUT2D eigenvalue weighted by Crippen LogP contribution is -2.35. The van der Waals surface area contributed by atoms with Gasteiger partial charge in [-0.15, -0.1) is 0 Å². The van der Waals surface area contributed by atoms with E-state index < -0.39 is 5.91 Å². The van der Waals surface area contributed by atoms with E-state index in [1.807, 2.05) is 0 Å². The van der Waals surface area contributed by atoms with Crippen molar-refractivity contribution in [3.05, 3.63) is 77.2 Å². The fourth-order valence-electron chi connectivity index (χ4n) is 5.32. The van der Waals surface area contributed by atoms with Gasteiger partial charge < -0.3 is 14.6 Å². The summed E-state index contributed by atoms with van der Waals surface area (Å²) in [4.78, 5) is 28.5. The molecule has 3 N–H and O–H groups in total. The molecule has 190 valence electrons. The van der Waals surface area contributed by atoms with E-state index in [2.05, 4.69) is 67.2 Å². The van der Waals surface area contributed by atoms with Crippen molar-refractivity contribution in [1.82, 2.24) is 25.3 Å². The van der Waals surface area contributed by atoms with E-state index in [4.69, 9.17) is 9.94 Å². The van der Waals surface area contributed by atoms with E-state index in [0.717, 1.165) is 58.8 Å². The Hall–Kier alpha value is -3.79. The molecule has 2 aromatic carbocycles. The molecule has 37 heavy (non-hydrogen) atoms. The van der Waals surface area contributed by atoms with Crippen LogP contribution in [0.1, 0.15) is 27.2 Å². The molecule has 1 amide bonds. The molecule has 6 rings (SSSR count). The first-order chi connectivity index (χ1) is 18.2. The van der Waals surface area contributed by atoms with Crippen molar-refractivity contribution in [2.45, 2.75) is 19.4 Å². The maximum absolute atomic E-state index is 11.6. The molecule has 9 heteroatoms. The first kappa shape index (κ1) is 23.6. The van der Waals surface area contributed by atoms with Crippen molar-refractivity contribution >= 4 is 22.8 Å². The Morgan fingerprint density at radius 3 is 2.59 bits per heavy atom. The predicted octanol–water partition coefficient (Wildman–Crippen LogP) is 3.18. The Kier molecular flexibility index (Phi) is 6.57. The van der Waals surface area contributed by atoms with Gasteiger partial charge in [-0.3, -0.25) is 14.9 Å². The minimum absolute atomic E-state index is 0.221. The zero-order valence-corrected chi connectivity index (χ0v) is 20.6. The Labute approximate surface area is 215 Å². The molecule has 0 unspecified atom stereocenters. The van der Waals surface area contributed by atoms with Gasteiger partial charge in [0.15, 0.2) is 0 Å². The molecule has 2 aromatic heterocycles. The highest BCUT2D eigenvalue weighted by Gasteiger charge is 2.21. The van der Waals surface area contributed by atoms with E-state index in [9.17, 15) is 4.79 Å². The predicted molar refractivity (Wildman–Crippen MR) is 141 cm³/mol. The van der Waals surface area contributed by atoms with Gasteiger partial charge in [-0.25, -0.2) is 15.4 Å². The van der Waals surface area contributed by atoms with E-state index in [1.54, 1.807) is 5.48 Å². The normalized spacial score (nSPS) is 16.4. The molecule has 0 spiro atoms. The molecule has 2 aliphatic rings. The SMILES string of the molecule is O=C(NO)c1cnc(N2CCc3[nH]c4ccc(-c5cccc(CN6CCOCC6)c5)cc4c3CC2)nc1. The number of morpholine rings is 1. The summed E-state index contributed by atoms with van der Waals surface area (Å²) in [6.07, 6.45) is 4.61. The number of nitrogens with zero attached hydrogens (tertiary/aromatic N) is 4. The van der Waals surface area contributed by atoms with Gasteiger partial charge in [0.25, 0.3) is 5.91 Å². The number of hydroxylamine groups is 1. The van der Waals surface area contributed by atoms with Crippen molar-refractivity contribution in [2.75, 3.05) is 44.3 Å². The number of hydrogen-bond donors (Lipinski definition) is 3. The van der Waals surface area contributed by atoms with E-state index in [0.29, 0.717) is 5.95 Å². The molecule has 0 aliphatic carbocycles. The van der Waals surface area contributed by atoms with Crippen LogP contribution in [0.25, 0.3) is 22.0 Å². The Morgan fingerprint density at radius 1 is 1.00 bits per heavy atom. The minimum Gasteiger partial charge on any atom is -0.379 e. The third-order valence-corrected chi connectivity index (χ3v) is 7.31. The van der Waals surface area contributed by atoms with Crippen LogP contribution in [0, 0.1) is 0 Å². The summed E-state index contributed by atoms with van der Waals surface area (Å²) in [6, 6.07) is 15.6. The standard InChI is InChI=1S/C28H30N6O3/c35-27(32-36)22-16-29-28(30-17-22)34-8-6-23-24-15-21(4-5-25(24)31-26(23)7-9-34)20-3-1-2-19(14-20)18-33-10-12-37-13-11-33/h1-5,14-17,31,36H,6-13,18H2,(H,32,35). The van der Waals surface area contributed by atoms with Crippen LogP contribution in [0.15, 0.2) is 54.9 Å². The molecular formula is C28H30N6O3.